The molecular weight excluding hydrogens is 310 g/mol. The normalized spacial score (nSPS) is 16.7. The molecule has 0 saturated carbocycles. The van der Waals surface area contributed by atoms with Crippen molar-refractivity contribution >= 4 is 34.0 Å². The molecule has 1 amide bonds. The highest BCUT2D eigenvalue weighted by Gasteiger charge is 2.29. The maximum Gasteiger partial charge on any atom is 0.267 e. The third-order valence-corrected chi connectivity index (χ3v) is 4.53. The maximum absolute atomic E-state index is 12.2. The van der Waals surface area contributed by atoms with Crippen molar-refractivity contribution in [3.8, 4) is 5.75 Å². The molecule has 7 heteroatoms. The molecule has 1 N–H and O–H groups in total. The average Bonchev–Trinajstić information content (AvgIpc) is 3.04. The van der Waals surface area contributed by atoms with Crippen LogP contribution < -0.4 is 10.1 Å². The molecule has 110 valence electrons. The smallest absolute Gasteiger partial charge is 0.267 e. The molecule has 0 unspecified atom stereocenters. The molecule has 0 radical (unpaired) electrons. The maximum atomic E-state index is 12.2. The number of amides is 1. The van der Waals surface area contributed by atoms with E-state index in [0.29, 0.717) is 28.2 Å². The van der Waals surface area contributed by atoms with Crippen LogP contribution in [0.2, 0.25) is 5.02 Å². The minimum atomic E-state index is -0.551. The van der Waals surface area contributed by atoms with Gasteiger partial charge in [0.05, 0.1) is 0 Å². The number of benzene rings is 1. The zero-order valence-electron chi connectivity index (χ0n) is 11.6. The number of aromatic nitrogens is 2. The Balaban J connectivity index is 1.67. The average molecular weight is 324 g/mol. The molecular formula is C14H14ClN3O2S. The fourth-order valence-corrected chi connectivity index (χ4v) is 3.01. The molecule has 21 heavy (non-hydrogen) atoms. The van der Waals surface area contributed by atoms with Gasteiger partial charge in [-0.15, -0.1) is 10.2 Å². The monoisotopic (exact) mass is 323 g/mol. The Morgan fingerprint density at radius 2 is 2.29 bits per heavy atom. The Bertz CT molecular complexity index is 687. The number of hydrogen-bond acceptors (Lipinski definition) is 5. The summed E-state index contributed by atoms with van der Waals surface area (Å²) >= 11 is 7.32. The lowest BCUT2D eigenvalue weighted by Crippen LogP contribution is -2.31. The van der Waals surface area contributed by atoms with Crippen LogP contribution in [0.4, 0.5) is 5.13 Å². The summed E-state index contributed by atoms with van der Waals surface area (Å²) in [5.74, 6) is 0.788. The van der Waals surface area contributed by atoms with Crippen molar-refractivity contribution in [2.75, 3.05) is 5.32 Å². The SMILES string of the molecule is CC(C)c1nnc(NC(=O)[C@@H]2Cc3cc(Cl)ccc3O2)s1. The van der Waals surface area contributed by atoms with E-state index in [-0.39, 0.29) is 5.91 Å². The first-order chi connectivity index (χ1) is 10.0. The summed E-state index contributed by atoms with van der Waals surface area (Å²) in [6.45, 7) is 4.07. The van der Waals surface area contributed by atoms with Crippen LogP contribution in [-0.2, 0) is 11.2 Å². The highest BCUT2D eigenvalue weighted by molar-refractivity contribution is 7.15. The first-order valence-electron chi connectivity index (χ1n) is 6.62. The van der Waals surface area contributed by atoms with Gasteiger partial charge in [0.1, 0.15) is 10.8 Å². The van der Waals surface area contributed by atoms with Crippen molar-refractivity contribution in [2.24, 2.45) is 0 Å². The highest BCUT2D eigenvalue weighted by Crippen LogP contribution is 2.31. The number of halogens is 1. The van der Waals surface area contributed by atoms with E-state index in [0.717, 1.165) is 10.6 Å². The second kappa shape index (κ2) is 5.61. The summed E-state index contributed by atoms with van der Waals surface area (Å²) in [6, 6.07) is 5.36. The van der Waals surface area contributed by atoms with E-state index in [1.54, 1.807) is 12.1 Å². The first kappa shape index (κ1) is 14.3. The Morgan fingerprint density at radius 1 is 1.48 bits per heavy atom. The van der Waals surface area contributed by atoms with Crippen LogP contribution in [0.5, 0.6) is 5.75 Å². The molecule has 1 aliphatic rings. The number of carbonyl (C=O) groups is 1. The van der Waals surface area contributed by atoms with Gasteiger partial charge in [0.15, 0.2) is 6.10 Å². The fourth-order valence-electron chi connectivity index (χ4n) is 2.07. The van der Waals surface area contributed by atoms with Gasteiger partial charge in [0.25, 0.3) is 5.91 Å². The van der Waals surface area contributed by atoms with Gasteiger partial charge in [-0.25, -0.2) is 0 Å². The number of anilines is 1. The number of hydrogen-bond donors (Lipinski definition) is 1. The predicted molar refractivity (Wildman–Crippen MR) is 82.2 cm³/mol. The van der Waals surface area contributed by atoms with Crippen molar-refractivity contribution < 1.29 is 9.53 Å². The van der Waals surface area contributed by atoms with Crippen LogP contribution in [0.25, 0.3) is 0 Å². The number of fused-ring (bicyclic) bond motifs is 1. The summed E-state index contributed by atoms with van der Waals surface area (Å²) in [6.07, 6.45) is -0.0396. The number of nitrogens with zero attached hydrogens (tertiary/aromatic N) is 2. The predicted octanol–water partition coefficient (Wildman–Crippen LogP) is 3.26. The molecule has 0 saturated heterocycles. The molecule has 1 aromatic carbocycles. The summed E-state index contributed by atoms with van der Waals surface area (Å²) in [5, 5.41) is 12.8. The Hall–Kier alpha value is -1.66. The summed E-state index contributed by atoms with van der Waals surface area (Å²) in [7, 11) is 0. The molecule has 2 aromatic rings. The van der Waals surface area contributed by atoms with Gasteiger partial charge in [0.2, 0.25) is 5.13 Å². The van der Waals surface area contributed by atoms with Crippen LogP contribution in [0, 0.1) is 0 Å². The van der Waals surface area contributed by atoms with Crippen molar-refractivity contribution in [3.05, 3.63) is 33.8 Å². The molecule has 0 spiro atoms. The zero-order chi connectivity index (χ0) is 15.0. The van der Waals surface area contributed by atoms with Crippen molar-refractivity contribution in [3.63, 3.8) is 0 Å². The largest absolute Gasteiger partial charge is 0.480 e. The van der Waals surface area contributed by atoms with Crippen LogP contribution in [0.1, 0.15) is 30.3 Å². The van der Waals surface area contributed by atoms with E-state index in [2.05, 4.69) is 15.5 Å². The lowest BCUT2D eigenvalue weighted by Gasteiger charge is -2.08. The van der Waals surface area contributed by atoms with Crippen molar-refractivity contribution in [2.45, 2.75) is 32.3 Å². The Kier molecular flexibility index (Phi) is 3.82. The molecule has 1 atom stereocenters. The van der Waals surface area contributed by atoms with E-state index >= 15 is 0 Å². The molecule has 1 aliphatic heterocycles. The van der Waals surface area contributed by atoms with E-state index in [4.69, 9.17) is 16.3 Å². The van der Waals surface area contributed by atoms with E-state index < -0.39 is 6.10 Å². The van der Waals surface area contributed by atoms with Gasteiger partial charge in [-0.1, -0.05) is 36.8 Å². The Morgan fingerprint density at radius 3 is 3.00 bits per heavy atom. The van der Waals surface area contributed by atoms with Gasteiger partial charge in [0, 0.05) is 17.4 Å². The number of nitrogens with one attached hydrogen (secondary N) is 1. The van der Waals surface area contributed by atoms with Crippen LogP contribution >= 0.6 is 22.9 Å². The van der Waals surface area contributed by atoms with Crippen LogP contribution in [0.15, 0.2) is 18.2 Å². The second-order valence-electron chi connectivity index (χ2n) is 5.15. The standard InChI is InChI=1S/C14H14ClN3O2S/c1-7(2)13-17-18-14(21-13)16-12(19)11-6-8-5-9(15)3-4-10(8)20-11/h3-5,7,11H,6H2,1-2H3,(H,16,18,19)/t11-/m0/s1. The number of ether oxygens (including phenoxy) is 1. The third kappa shape index (κ3) is 3.01. The van der Waals surface area contributed by atoms with Gasteiger partial charge in [-0.05, 0) is 23.8 Å². The van der Waals surface area contributed by atoms with Crippen molar-refractivity contribution in [1.82, 2.24) is 10.2 Å². The molecule has 0 fully saturated rings. The molecule has 1 aromatic heterocycles. The number of rotatable bonds is 3. The minimum Gasteiger partial charge on any atom is -0.480 e. The fraction of sp³-hybridized carbons (Fsp3) is 0.357. The lowest BCUT2D eigenvalue weighted by molar-refractivity contribution is -0.122. The molecule has 2 heterocycles. The molecule has 3 rings (SSSR count). The summed E-state index contributed by atoms with van der Waals surface area (Å²) in [4.78, 5) is 12.2. The summed E-state index contributed by atoms with van der Waals surface area (Å²) in [5.41, 5.74) is 0.947. The van der Waals surface area contributed by atoms with Gasteiger partial charge in [-0.3, -0.25) is 10.1 Å². The van der Waals surface area contributed by atoms with E-state index in [1.807, 2.05) is 19.9 Å². The van der Waals surface area contributed by atoms with Crippen LogP contribution in [0.3, 0.4) is 0 Å². The van der Waals surface area contributed by atoms with Crippen LogP contribution in [-0.4, -0.2) is 22.2 Å². The van der Waals surface area contributed by atoms with E-state index in [1.165, 1.54) is 11.3 Å². The molecule has 0 aliphatic carbocycles. The van der Waals surface area contributed by atoms with E-state index in [9.17, 15) is 4.79 Å². The molecule has 0 bridgehead atoms. The van der Waals surface area contributed by atoms with Gasteiger partial charge in [-0.2, -0.15) is 0 Å². The van der Waals surface area contributed by atoms with Gasteiger partial charge >= 0.3 is 0 Å². The first-order valence-corrected chi connectivity index (χ1v) is 7.81. The topological polar surface area (TPSA) is 64.1 Å². The number of carbonyl (C=O) groups excluding carboxylic acids is 1. The quantitative estimate of drug-likeness (QED) is 0.941. The molecule has 5 nitrogen and oxygen atoms in total. The Labute approximate surface area is 131 Å². The van der Waals surface area contributed by atoms with Crippen molar-refractivity contribution in [1.29, 1.82) is 0 Å². The highest BCUT2D eigenvalue weighted by atomic mass is 35.5. The third-order valence-electron chi connectivity index (χ3n) is 3.15. The van der Waals surface area contributed by atoms with Gasteiger partial charge < -0.3 is 4.74 Å². The summed E-state index contributed by atoms with van der Waals surface area (Å²) < 4.78 is 5.64. The minimum absolute atomic E-state index is 0.214. The lowest BCUT2D eigenvalue weighted by atomic mass is 10.1. The zero-order valence-corrected chi connectivity index (χ0v) is 13.2. The second-order valence-corrected chi connectivity index (χ2v) is 6.60.